The Morgan fingerprint density at radius 3 is 2.52 bits per heavy atom. The molecule has 2 rings (SSSR count). The molecule has 0 radical (unpaired) electrons. The van der Waals surface area contributed by atoms with E-state index in [1.807, 2.05) is 0 Å². The second-order valence-corrected chi connectivity index (χ2v) is 5.54. The zero-order chi connectivity index (χ0) is 15.2. The smallest absolute Gasteiger partial charge is 0.251 e. The summed E-state index contributed by atoms with van der Waals surface area (Å²) in [6, 6.07) is -0.523. The van der Waals surface area contributed by atoms with Crippen molar-refractivity contribution in [2.45, 2.75) is 31.4 Å². The third-order valence-corrected chi connectivity index (χ3v) is 4.06. The molecule has 0 aliphatic carbocycles. The van der Waals surface area contributed by atoms with Crippen molar-refractivity contribution in [1.29, 1.82) is 0 Å². The lowest BCUT2D eigenvalue weighted by Crippen LogP contribution is -2.55. The molecule has 21 heavy (non-hydrogen) atoms. The van der Waals surface area contributed by atoms with Crippen LogP contribution in [0.4, 0.5) is 0 Å². The zero-order valence-corrected chi connectivity index (χ0v) is 12.6. The monoisotopic (exact) mass is 299 g/mol. The van der Waals surface area contributed by atoms with E-state index in [0.717, 1.165) is 12.8 Å². The second kappa shape index (κ2) is 7.72. The number of methoxy groups -OCH3 is 1. The maximum absolute atomic E-state index is 12.2. The number of carbonyl (C=O) groups excluding carboxylic acids is 2. The molecule has 0 aromatic carbocycles. The largest absolute Gasteiger partial charge is 0.385 e. The fraction of sp³-hybridized carbons (Fsp3) is 0.857. The van der Waals surface area contributed by atoms with Gasteiger partial charge in [0.2, 0.25) is 5.91 Å². The summed E-state index contributed by atoms with van der Waals surface area (Å²) < 4.78 is 10.4. The van der Waals surface area contributed by atoms with Gasteiger partial charge in [0.15, 0.2) is 0 Å². The van der Waals surface area contributed by atoms with Crippen LogP contribution in [-0.2, 0) is 19.1 Å². The number of rotatable bonds is 5. The van der Waals surface area contributed by atoms with E-state index in [9.17, 15) is 9.59 Å². The van der Waals surface area contributed by atoms with E-state index in [1.54, 1.807) is 16.9 Å². The van der Waals surface area contributed by atoms with Crippen LogP contribution in [0.5, 0.6) is 0 Å². The molecule has 2 atom stereocenters. The minimum Gasteiger partial charge on any atom is -0.385 e. The number of ether oxygens (including phenoxy) is 2. The first-order valence-corrected chi connectivity index (χ1v) is 7.57. The quantitative estimate of drug-likeness (QED) is 0.718. The molecule has 2 amide bonds. The SMILES string of the molecule is COCCC(N)C(=O)N1CCN(C(=O)C2CCCO2)CC1. The molecule has 7 nitrogen and oxygen atoms in total. The highest BCUT2D eigenvalue weighted by Gasteiger charge is 2.32. The highest BCUT2D eigenvalue weighted by atomic mass is 16.5. The minimum absolute atomic E-state index is 0.0586. The van der Waals surface area contributed by atoms with E-state index >= 15 is 0 Å². The molecule has 7 heteroatoms. The van der Waals surface area contributed by atoms with Gasteiger partial charge in [-0.05, 0) is 19.3 Å². The number of carbonyl (C=O) groups is 2. The van der Waals surface area contributed by atoms with Crippen LogP contribution in [-0.4, -0.2) is 80.3 Å². The number of nitrogens with zero attached hydrogens (tertiary/aromatic N) is 2. The van der Waals surface area contributed by atoms with Crippen LogP contribution in [0.3, 0.4) is 0 Å². The molecule has 2 N–H and O–H groups in total. The Balaban J connectivity index is 1.77. The average Bonchev–Trinajstić information content (AvgIpc) is 3.05. The van der Waals surface area contributed by atoms with Gasteiger partial charge in [-0.2, -0.15) is 0 Å². The van der Waals surface area contributed by atoms with E-state index in [1.165, 1.54) is 0 Å². The Morgan fingerprint density at radius 1 is 1.29 bits per heavy atom. The van der Waals surface area contributed by atoms with Gasteiger partial charge in [0.25, 0.3) is 5.91 Å². The first-order chi connectivity index (χ1) is 10.1. The Hall–Kier alpha value is -1.18. The lowest BCUT2D eigenvalue weighted by Gasteiger charge is -2.36. The molecule has 2 aliphatic rings. The van der Waals surface area contributed by atoms with Crippen LogP contribution in [0.2, 0.25) is 0 Å². The van der Waals surface area contributed by atoms with Crippen molar-refractivity contribution >= 4 is 11.8 Å². The summed E-state index contributed by atoms with van der Waals surface area (Å²) in [6.07, 6.45) is 1.99. The molecule has 0 aromatic heterocycles. The fourth-order valence-electron chi connectivity index (χ4n) is 2.73. The summed E-state index contributed by atoms with van der Waals surface area (Å²) in [4.78, 5) is 27.9. The highest BCUT2D eigenvalue weighted by Crippen LogP contribution is 2.16. The maximum Gasteiger partial charge on any atom is 0.251 e. The average molecular weight is 299 g/mol. The van der Waals surface area contributed by atoms with Crippen LogP contribution in [0.15, 0.2) is 0 Å². The lowest BCUT2D eigenvalue weighted by molar-refractivity contribution is -0.146. The van der Waals surface area contributed by atoms with E-state index < -0.39 is 6.04 Å². The topological polar surface area (TPSA) is 85.1 Å². The number of hydrogen-bond acceptors (Lipinski definition) is 5. The lowest BCUT2D eigenvalue weighted by atomic mass is 10.1. The van der Waals surface area contributed by atoms with E-state index in [-0.39, 0.29) is 17.9 Å². The molecule has 120 valence electrons. The van der Waals surface area contributed by atoms with Gasteiger partial charge in [0.1, 0.15) is 6.10 Å². The van der Waals surface area contributed by atoms with Gasteiger partial charge in [-0.25, -0.2) is 0 Å². The van der Waals surface area contributed by atoms with E-state index in [2.05, 4.69) is 0 Å². The van der Waals surface area contributed by atoms with Crippen molar-refractivity contribution < 1.29 is 19.1 Å². The molecule has 2 fully saturated rings. The van der Waals surface area contributed by atoms with Crippen LogP contribution < -0.4 is 5.73 Å². The standard InChI is InChI=1S/C14H25N3O4/c1-20-10-4-11(15)13(18)16-5-7-17(8-6-16)14(19)12-3-2-9-21-12/h11-12H,2-10,15H2,1H3. The third-order valence-electron chi connectivity index (χ3n) is 4.06. The Kier molecular flexibility index (Phi) is 5.96. The van der Waals surface area contributed by atoms with Crippen LogP contribution in [0.1, 0.15) is 19.3 Å². The molecule has 2 saturated heterocycles. The van der Waals surface area contributed by atoms with Crippen molar-refractivity contribution in [3.8, 4) is 0 Å². The first kappa shape index (κ1) is 16.2. The highest BCUT2D eigenvalue weighted by molar-refractivity contribution is 5.83. The molecule has 0 spiro atoms. The van der Waals surface area contributed by atoms with Crippen molar-refractivity contribution in [1.82, 2.24) is 9.80 Å². The van der Waals surface area contributed by atoms with Gasteiger partial charge >= 0.3 is 0 Å². The van der Waals surface area contributed by atoms with E-state index in [4.69, 9.17) is 15.2 Å². The maximum atomic E-state index is 12.2. The summed E-state index contributed by atoms with van der Waals surface area (Å²) in [5.74, 6) is -0.000421. The molecule has 0 saturated carbocycles. The molecule has 0 aromatic rings. The van der Waals surface area contributed by atoms with Gasteiger partial charge < -0.3 is 25.0 Å². The van der Waals surface area contributed by atoms with Crippen molar-refractivity contribution in [3.05, 3.63) is 0 Å². The van der Waals surface area contributed by atoms with Crippen molar-refractivity contribution in [2.24, 2.45) is 5.73 Å². The van der Waals surface area contributed by atoms with Gasteiger partial charge in [0.05, 0.1) is 6.04 Å². The Bertz CT molecular complexity index is 363. The summed E-state index contributed by atoms with van der Waals surface area (Å²) in [6.45, 7) is 3.34. The number of amides is 2. The Morgan fingerprint density at radius 2 is 1.95 bits per heavy atom. The second-order valence-electron chi connectivity index (χ2n) is 5.54. The van der Waals surface area contributed by atoms with Crippen LogP contribution in [0, 0.1) is 0 Å². The summed E-state index contributed by atoms with van der Waals surface area (Å²) in [5.41, 5.74) is 5.86. The zero-order valence-electron chi connectivity index (χ0n) is 12.6. The fourth-order valence-corrected chi connectivity index (χ4v) is 2.73. The van der Waals surface area contributed by atoms with Crippen molar-refractivity contribution in [2.75, 3.05) is 46.5 Å². The summed E-state index contributed by atoms with van der Waals surface area (Å²) >= 11 is 0. The summed E-state index contributed by atoms with van der Waals surface area (Å²) in [7, 11) is 1.59. The van der Waals surface area contributed by atoms with Crippen LogP contribution in [0.25, 0.3) is 0 Å². The number of piperazine rings is 1. The predicted molar refractivity (Wildman–Crippen MR) is 76.6 cm³/mol. The van der Waals surface area contributed by atoms with Crippen molar-refractivity contribution in [3.63, 3.8) is 0 Å². The number of nitrogens with two attached hydrogens (primary N) is 1. The molecule has 2 aliphatic heterocycles. The number of hydrogen-bond donors (Lipinski definition) is 1. The predicted octanol–water partition coefficient (Wildman–Crippen LogP) is -0.800. The third kappa shape index (κ3) is 4.15. The van der Waals surface area contributed by atoms with Crippen LogP contribution >= 0.6 is 0 Å². The van der Waals surface area contributed by atoms with Gasteiger partial charge in [-0.1, -0.05) is 0 Å². The van der Waals surface area contributed by atoms with Gasteiger partial charge in [0, 0.05) is 46.5 Å². The Labute approximate surface area is 125 Å². The van der Waals surface area contributed by atoms with Gasteiger partial charge in [-0.15, -0.1) is 0 Å². The molecule has 0 bridgehead atoms. The molecular formula is C14H25N3O4. The molecule has 2 unspecified atom stereocenters. The molecule has 2 heterocycles. The first-order valence-electron chi connectivity index (χ1n) is 7.57. The summed E-state index contributed by atoms with van der Waals surface area (Å²) in [5, 5.41) is 0. The van der Waals surface area contributed by atoms with E-state index in [0.29, 0.717) is 45.8 Å². The van der Waals surface area contributed by atoms with Gasteiger partial charge in [-0.3, -0.25) is 9.59 Å². The normalized spacial score (nSPS) is 24.2. The molecular weight excluding hydrogens is 274 g/mol. The minimum atomic E-state index is -0.523.